The van der Waals surface area contributed by atoms with Crippen molar-refractivity contribution in [1.82, 2.24) is 5.32 Å². The van der Waals surface area contributed by atoms with Crippen LogP contribution in [0.2, 0.25) is 5.02 Å². The van der Waals surface area contributed by atoms with Gasteiger partial charge in [0.05, 0.1) is 0 Å². The highest BCUT2D eigenvalue weighted by Crippen LogP contribution is 2.37. The summed E-state index contributed by atoms with van der Waals surface area (Å²) < 4.78 is 11.0. The maximum absolute atomic E-state index is 10.4. The van der Waals surface area contributed by atoms with Crippen molar-refractivity contribution in [2.24, 2.45) is 4.99 Å². The molecule has 146 valence electrons. The largest absolute Gasteiger partial charge is 0.508 e. The molecule has 0 saturated heterocycles. The molecule has 5 nitrogen and oxygen atoms in total. The Balaban J connectivity index is 1.57. The van der Waals surface area contributed by atoms with Crippen LogP contribution in [-0.4, -0.2) is 17.6 Å². The van der Waals surface area contributed by atoms with E-state index in [0.717, 1.165) is 33.9 Å². The molecule has 0 aliphatic carbocycles. The van der Waals surface area contributed by atoms with E-state index in [1.807, 2.05) is 60.7 Å². The zero-order chi connectivity index (χ0) is 19.8. The lowest BCUT2D eigenvalue weighted by atomic mass is 9.93. The van der Waals surface area contributed by atoms with Crippen LogP contribution in [0.4, 0.5) is 0 Å². The van der Waals surface area contributed by atoms with Crippen LogP contribution in [0.15, 0.2) is 71.7 Å². The molecule has 2 N–H and O–H groups in total. The van der Waals surface area contributed by atoms with Crippen LogP contribution < -0.4 is 14.8 Å². The van der Waals surface area contributed by atoms with Crippen LogP contribution in [0.5, 0.6) is 17.2 Å². The van der Waals surface area contributed by atoms with Gasteiger partial charge in [0.2, 0.25) is 6.79 Å². The van der Waals surface area contributed by atoms with Gasteiger partial charge in [0, 0.05) is 28.8 Å². The number of fused-ring (bicyclic) bond motifs is 1. The summed E-state index contributed by atoms with van der Waals surface area (Å²) in [7, 11) is 0. The van der Waals surface area contributed by atoms with Crippen LogP contribution in [0.1, 0.15) is 35.3 Å². The zero-order valence-electron chi connectivity index (χ0n) is 15.5. The van der Waals surface area contributed by atoms with Crippen LogP contribution in [0, 0.1) is 0 Å². The third-order valence-electron chi connectivity index (χ3n) is 5.22. The van der Waals surface area contributed by atoms with Crippen LogP contribution >= 0.6 is 11.6 Å². The van der Waals surface area contributed by atoms with Gasteiger partial charge in [0.15, 0.2) is 11.5 Å². The standard InChI is InChI=1S/C23H19ClN2O3/c24-16-5-3-4-15(10-16)23-25-18(14-8-9-21-22(11-14)29-13-28-21)12-19(26-23)17-6-1-2-7-20(17)27/h1-11,19,23,26-27H,12-13H2. The number of phenols is 1. The third-order valence-corrected chi connectivity index (χ3v) is 5.46. The molecular weight excluding hydrogens is 388 g/mol. The molecule has 0 saturated carbocycles. The summed E-state index contributed by atoms with van der Waals surface area (Å²) in [4.78, 5) is 4.96. The predicted octanol–water partition coefficient (Wildman–Crippen LogP) is 5.00. The van der Waals surface area contributed by atoms with Crippen molar-refractivity contribution in [2.75, 3.05) is 6.79 Å². The summed E-state index contributed by atoms with van der Waals surface area (Å²) in [6, 6.07) is 20.8. The number of aliphatic imine (C=N–C) groups is 1. The average molecular weight is 407 g/mol. The number of aromatic hydroxyl groups is 1. The number of rotatable bonds is 3. The van der Waals surface area contributed by atoms with Crippen molar-refractivity contribution in [2.45, 2.75) is 18.6 Å². The number of hydrogen-bond acceptors (Lipinski definition) is 5. The number of benzene rings is 3. The molecule has 0 amide bonds. The minimum atomic E-state index is -0.285. The molecule has 0 spiro atoms. The molecule has 0 bridgehead atoms. The number of hydrogen-bond donors (Lipinski definition) is 2. The van der Waals surface area contributed by atoms with Gasteiger partial charge in [0.1, 0.15) is 11.9 Å². The minimum Gasteiger partial charge on any atom is -0.508 e. The summed E-state index contributed by atoms with van der Waals surface area (Å²) in [5.41, 5.74) is 3.71. The molecule has 2 aliphatic rings. The van der Waals surface area contributed by atoms with Crippen molar-refractivity contribution >= 4 is 17.3 Å². The Morgan fingerprint density at radius 3 is 2.69 bits per heavy atom. The molecule has 3 aromatic rings. The minimum absolute atomic E-state index is 0.0990. The van der Waals surface area contributed by atoms with Gasteiger partial charge in [-0.3, -0.25) is 10.3 Å². The number of para-hydroxylation sites is 1. The van der Waals surface area contributed by atoms with Gasteiger partial charge in [-0.05, 0) is 47.5 Å². The van der Waals surface area contributed by atoms with Gasteiger partial charge < -0.3 is 14.6 Å². The van der Waals surface area contributed by atoms with Gasteiger partial charge in [-0.1, -0.05) is 41.9 Å². The van der Waals surface area contributed by atoms with E-state index in [1.165, 1.54) is 0 Å². The number of phenolic OH excluding ortho intramolecular Hbond substituents is 1. The van der Waals surface area contributed by atoms with Crippen LogP contribution in [-0.2, 0) is 0 Å². The molecule has 2 atom stereocenters. The highest BCUT2D eigenvalue weighted by molar-refractivity contribution is 6.30. The van der Waals surface area contributed by atoms with E-state index in [-0.39, 0.29) is 24.8 Å². The lowest BCUT2D eigenvalue weighted by Gasteiger charge is -2.31. The summed E-state index contributed by atoms with van der Waals surface area (Å²) in [6.45, 7) is 0.235. The molecule has 2 aliphatic heterocycles. The van der Waals surface area contributed by atoms with E-state index in [2.05, 4.69) is 5.32 Å². The second-order valence-electron chi connectivity index (χ2n) is 7.08. The Kier molecular flexibility index (Phi) is 4.62. The van der Waals surface area contributed by atoms with Gasteiger partial charge in [-0.15, -0.1) is 0 Å². The molecule has 0 radical (unpaired) electrons. The fraction of sp³-hybridized carbons (Fsp3) is 0.174. The van der Waals surface area contributed by atoms with Crippen LogP contribution in [0.25, 0.3) is 0 Å². The highest BCUT2D eigenvalue weighted by atomic mass is 35.5. The Bertz CT molecular complexity index is 1100. The lowest BCUT2D eigenvalue weighted by molar-refractivity contribution is 0.174. The molecule has 2 unspecified atom stereocenters. The van der Waals surface area contributed by atoms with Gasteiger partial charge in [-0.2, -0.15) is 0 Å². The Morgan fingerprint density at radius 2 is 1.83 bits per heavy atom. The third kappa shape index (κ3) is 3.55. The van der Waals surface area contributed by atoms with E-state index in [4.69, 9.17) is 26.1 Å². The number of ether oxygens (including phenoxy) is 2. The lowest BCUT2D eigenvalue weighted by Crippen LogP contribution is -2.33. The maximum Gasteiger partial charge on any atom is 0.231 e. The SMILES string of the molecule is Oc1ccccc1C1CC(c2ccc3c(c2)OCO3)=NC(c2cccc(Cl)c2)N1. The van der Waals surface area contributed by atoms with E-state index >= 15 is 0 Å². The first kappa shape index (κ1) is 18.0. The predicted molar refractivity (Wildman–Crippen MR) is 112 cm³/mol. The van der Waals surface area contributed by atoms with E-state index in [1.54, 1.807) is 6.07 Å². The van der Waals surface area contributed by atoms with E-state index in [0.29, 0.717) is 11.4 Å². The quantitative estimate of drug-likeness (QED) is 0.642. The Hall–Kier alpha value is -3.02. The smallest absolute Gasteiger partial charge is 0.231 e. The molecule has 5 rings (SSSR count). The van der Waals surface area contributed by atoms with E-state index < -0.39 is 0 Å². The normalized spacial score (nSPS) is 20.4. The first-order valence-electron chi connectivity index (χ1n) is 9.43. The second-order valence-corrected chi connectivity index (χ2v) is 7.52. The van der Waals surface area contributed by atoms with Gasteiger partial charge in [-0.25, -0.2) is 0 Å². The monoisotopic (exact) mass is 406 g/mol. The number of nitrogens with one attached hydrogen (secondary N) is 1. The summed E-state index contributed by atoms with van der Waals surface area (Å²) in [6.07, 6.45) is 0.348. The van der Waals surface area contributed by atoms with Crippen molar-refractivity contribution in [3.63, 3.8) is 0 Å². The maximum atomic E-state index is 10.4. The Labute approximate surface area is 173 Å². The van der Waals surface area contributed by atoms with Gasteiger partial charge >= 0.3 is 0 Å². The molecule has 3 aromatic carbocycles. The summed E-state index contributed by atoms with van der Waals surface area (Å²) >= 11 is 6.21. The molecule has 6 heteroatoms. The number of halogens is 1. The van der Waals surface area contributed by atoms with Crippen molar-refractivity contribution in [3.8, 4) is 17.2 Å². The van der Waals surface area contributed by atoms with Crippen molar-refractivity contribution in [1.29, 1.82) is 0 Å². The molecule has 2 heterocycles. The summed E-state index contributed by atoms with van der Waals surface area (Å²) in [5.74, 6) is 1.73. The number of nitrogens with zero attached hydrogens (tertiary/aromatic N) is 1. The fourth-order valence-electron chi connectivity index (χ4n) is 3.79. The zero-order valence-corrected chi connectivity index (χ0v) is 16.3. The summed E-state index contributed by atoms with van der Waals surface area (Å²) in [5, 5.41) is 14.6. The average Bonchev–Trinajstić information content (AvgIpc) is 3.22. The van der Waals surface area contributed by atoms with E-state index in [9.17, 15) is 5.11 Å². The first-order valence-corrected chi connectivity index (χ1v) is 9.81. The fourth-order valence-corrected chi connectivity index (χ4v) is 3.99. The Morgan fingerprint density at radius 1 is 0.966 bits per heavy atom. The van der Waals surface area contributed by atoms with Crippen molar-refractivity contribution < 1.29 is 14.6 Å². The second kappa shape index (κ2) is 7.43. The molecule has 29 heavy (non-hydrogen) atoms. The molecule has 0 aromatic heterocycles. The highest BCUT2D eigenvalue weighted by Gasteiger charge is 2.28. The topological polar surface area (TPSA) is 63.1 Å². The molecule has 0 fully saturated rings. The first-order chi connectivity index (χ1) is 14.2. The van der Waals surface area contributed by atoms with Crippen molar-refractivity contribution in [3.05, 3.63) is 88.4 Å². The molecular formula is C23H19ClN2O3. The van der Waals surface area contributed by atoms with Gasteiger partial charge in [0.25, 0.3) is 0 Å². The van der Waals surface area contributed by atoms with Crippen LogP contribution in [0.3, 0.4) is 0 Å².